The molecule has 1 aliphatic rings. The Morgan fingerprint density at radius 1 is 1.47 bits per heavy atom. The second kappa shape index (κ2) is 4.29. The molecule has 1 N–H and O–H groups in total. The molecule has 1 fully saturated rings. The highest BCUT2D eigenvalue weighted by Crippen LogP contribution is 2.24. The maximum atomic E-state index is 12.4. The number of alkyl halides is 1. The molecule has 2 atom stereocenters. The van der Waals surface area contributed by atoms with Crippen LogP contribution in [0.15, 0.2) is 30.3 Å². The molecule has 0 bridgehead atoms. The van der Waals surface area contributed by atoms with Gasteiger partial charge in [0.05, 0.1) is 6.04 Å². The lowest BCUT2D eigenvalue weighted by atomic mass is 10.2. The smallest absolute Gasteiger partial charge is 0.407 e. The van der Waals surface area contributed by atoms with Gasteiger partial charge in [0, 0.05) is 6.42 Å². The van der Waals surface area contributed by atoms with Crippen LogP contribution in [0.5, 0.6) is 0 Å². The van der Waals surface area contributed by atoms with Crippen LogP contribution in [-0.4, -0.2) is 18.3 Å². The van der Waals surface area contributed by atoms with Crippen molar-refractivity contribution in [3.8, 4) is 0 Å². The lowest BCUT2D eigenvalue weighted by molar-refractivity contribution is 0.138. The van der Waals surface area contributed by atoms with E-state index < -0.39 is 12.3 Å². The summed E-state index contributed by atoms with van der Waals surface area (Å²) >= 11 is 0. The van der Waals surface area contributed by atoms with E-state index in [0.717, 1.165) is 5.56 Å². The minimum absolute atomic E-state index is 0.219. The molecule has 80 valence electrons. The summed E-state index contributed by atoms with van der Waals surface area (Å²) in [5, 5.41) is 2.44. The van der Waals surface area contributed by atoms with E-state index in [2.05, 4.69) is 5.32 Å². The van der Waals surface area contributed by atoms with Crippen LogP contribution in [0.2, 0.25) is 0 Å². The van der Waals surface area contributed by atoms with Crippen molar-refractivity contribution in [2.75, 3.05) is 0 Å². The van der Waals surface area contributed by atoms with Crippen molar-refractivity contribution in [1.29, 1.82) is 0 Å². The fourth-order valence-corrected chi connectivity index (χ4v) is 1.23. The van der Waals surface area contributed by atoms with Crippen molar-refractivity contribution >= 4 is 6.09 Å². The fourth-order valence-electron chi connectivity index (χ4n) is 1.23. The van der Waals surface area contributed by atoms with Crippen LogP contribution in [0.3, 0.4) is 0 Å². The number of carbonyl (C=O) groups excluding carboxylic acids is 1. The highest BCUT2D eigenvalue weighted by molar-refractivity contribution is 5.68. The number of alkyl carbamates (subject to hydrolysis) is 1. The zero-order valence-electron chi connectivity index (χ0n) is 8.15. The summed E-state index contributed by atoms with van der Waals surface area (Å²) in [6.45, 7) is 0.219. The van der Waals surface area contributed by atoms with Crippen molar-refractivity contribution in [1.82, 2.24) is 5.32 Å². The van der Waals surface area contributed by atoms with Gasteiger partial charge in [-0.05, 0) is 5.56 Å². The Kier molecular flexibility index (Phi) is 2.85. The Bertz CT molecular complexity index is 342. The standard InChI is InChI=1S/C11H12FNO2/c12-9-6-10(9)13-11(14)15-7-8-4-2-1-3-5-8/h1-5,9-10H,6-7H2,(H,13,14)/t9-,10-/m1/s1. The fraction of sp³-hybridized carbons (Fsp3) is 0.364. The summed E-state index contributed by atoms with van der Waals surface area (Å²) in [7, 11) is 0. The molecule has 2 rings (SSSR count). The number of amides is 1. The van der Waals surface area contributed by atoms with Gasteiger partial charge in [0.25, 0.3) is 0 Å². The minimum Gasteiger partial charge on any atom is -0.445 e. The van der Waals surface area contributed by atoms with E-state index in [1.807, 2.05) is 30.3 Å². The Morgan fingerprint density at radius 3 is 2.73 bits per heavy atom. The summed E-state index contributed by atoms with van der Waals surface area (Å²) in [4.78, 5) is 11.1. The second-order valence-electron chi connectivity index (χ2n) is 3.56. The van der Waals surface area contributed by atoms with Crippen LogP contribution in [-0.2, 0) is 11.3 Å². The maximum absolute atomic E-state index is 12.4. The van der Waals surface area contributed by atoms with Gasteiger partial charge in [-0.2, -0.15) is 0 Å². The first-order valence-corrected chi connectivity index (χ1v) is 4.87. The van der Waals surface area contributed by atoms with Crippen LogP contribution in [0.25, 0.3) is 0 Å². The normalized spacial score (nSPS) is 23.3. The number of halogens is 1. The molecule has 1 aromatic rings. The van der Waals surface area contributed by atoms with E-state index in [-0.39, 0.29) is 12.6 Å². The van der Waals surface area contributed by atoms with Gasteiger partial charge in [-0.25, -0.2) is 9.18 Å². The summed E-state index contributed by atoms with van der Waals surface area (Å²) in [6.07, 6.45) is -1.04. The van der Waals surface area contributed by atoms with Gasteiger partial charge in [0.2, 0.25) is 0 Å². The SMILES string of the molecule is O=C(N[C@@H]1C[C@H]1F)OCc1ccccc1. The first kappa shape index (κ1) is 9.96. The Hall–Kier alpha value is -1.58. The quantitative estimate of drug-likeness (QED) is 0.827. The van der Waals surface area contributed by atoms with Crippen LogP contribution >= 0.6 is 0 Å². The molecule has 0 aromatic heterocycles. The minimum atomic E-state index is -0.894. The predicted octanol–water partition coefficient (Wildman–Crippen LogP) is 2.02. The Morgan fingerprint density at radius 2 is 2.13 bits per heavy atom. The maximum Gasteiger partial charge on any atom is 0.407 e. The molecular weight excluding hydrogens is 197 g/mol. The topological polar surface area (TPSA) is 38.3 Å². The molecule has 1 amide bonds. The Labute approximate surface area is 87.2 Å². The zero-order chi connectivity index (χ0) is 10.7. The van der Waals surface area contributed by atoms with Crippen molar-refractivity contribution < 1.29 is 13.9 Å². The lowest BCUT2D eigenvalue weighted by Crippen LogP contribution is -2.27. The Balaban J connectivity index is 1.71. The van der Waals surface area contributed by atoms with E-state index in [1.165, 1.54) is 0 Å². The van der Waals surface area contributed by atoms with E-state index in [1.54, 1.807) is 0 Å². The average Bonchev–Trinajstić information content (AvgIpc) is 2.93. The lowest BCUT2D eigenvalue weighted by Gasteiger charge is -2.05. The number of rotatable bonds is 3. The predicted molar refractivity (Wildman–Crippen MR) is 53.1 cm³/mol. The average molecular weight is 209 g/mol. The van der Waals surface area contributed by atoms with Gasteiger partial charge < -0.3 is 10.1 Å². The van der Waals surface area contributed by atoms with Gasteiger partial charge in [0.1, 0.15) is 12.8 Å². The van der Waals surface area contributed by atoms with Crippen molar-refractivity contribution in [2.45, 2.75) is 25.2 Å². The second-order valence-corrected chi connectivity index (χ2v) is 3.56. The molecule has 0 saturated heterocycles. The molecule has 15 heavy (non-hydrogen) atoms. The number of nitrogens with one attached hydrogen (secondary N) is 1. The van der Waals surface area contributed by atoms with Gasteiger partial charge in [0.15, 0.2) is 0 Å². The molecule has 0 aliphatic heterocycles. The summed E-state index contributed by atoms with van der Waals surface area (Å²) < 4.78 is 17.3. The molecule has 1 aliphatic carbocycles. The van der Waals surface area contributed by atoms with Crippen LogP contribution < -0.4 is 5.32 Å². The molecule has 0 unspecified atom stereocenters. The molecule has 1 aromatic carbocycles. The highest BCUT2D eigenvalue weighted by atomic mass is 19.1. The molecule has 3 nitrogen and oxygen atoms in total. The molecule has 1 saturated carbocycles. The third-order valence-corrected chi connectivity index (χ3v) is 2.23. The van der Waals surface area contributed by atoms with Gasteiger partial charge >= 0.3 is 6.09 Å². The van der Waals surface area contributed by atoms with Crippen LogP contribution in [0.4, 0.5) is 9.18 Å². The highest BCUT2D eigenvalue weighted by Gasteiger charge is 2.39. The summed E-state index contributed by atoms with van der Waals surface area (Å²) in [5.41, 5.74) is 0.917. The first-order valence-electron chi connectivity index (χ1n) is 4.87. The van der Waals surface area contributed by atoms with E-state index in [9.17, 15) is 9.18 Å². The van der Waals surface area contributed by atoms with Crippen LogP contribution in [0, 0.1) is 0 Å². The molecule has 0 heterocycles. The summed E-state index contributed by atoms with van der Waals surface area (Å²) in [6, 6.07) is 9.02. The van der Waals surface area contributed by atoms with Crippen molar-refractivity contribution in [2.24, 2.45) is 0 Å². The number of benzene rings is 1. The molecule has 0 spiro atoms. The van der Waals surface area contributed by atoms with Gasteiger partial charge in [-0.1, -0.05) is 30.3 Å². The van der Waals surface area contributed by atoms with Crippen molar-refractivity contribution in [3.05, 3.63) is 35.9 Å². The zero-order valence-corrected chi connectivity index (χ0v) is 8.15. The van der Waals surface area contributed by atoms with E-state index >= 15 is 0 Å². The third-order valence-electron chi connectivity index (χ3n) is 2.23. The van der Waals surface area contributed by atoms with Gasteiger partial charge in [-0.15, -0.1) is 0 Å². The largest absolute Gasteiger partial charge is 0.445 e. The number of hydrogen-bond acceptors (Lipinski definition) is 2. The van der Waals surface area contributed by atoms with E-state index in [0.29, 0.717) is 6.42 Å². The van der Waals surface area contributed by atoms with Gasteiger partial charge in [-0.3, -0.25) is 0 Å². The van der Waals surface area contributed by atoms with Crippen molar-refractivity contribution in [3.63, 3.8) is 0 Å². The number of ether oxygens (including phenoxy) is 1. The number of carbonyl (C=O) groups is 1. The van der Waals surface area contributed by atoms with Crippen LogP contribution in [0.1, 0.15) is 12.0 Å². The third kappa shape index (κ3) is 2.94. The first-order chi connectivity index (χ1) is 7.25. The van der Waals surface area contributed by atoms with E-state index in [4.69, 9.17) is 4.74 Å². The number of hydrogen-bond donors (Lipinski definition) is 1. The molecular formula is C11H12FNO2. The summed E-state index contributed by atoms with van der Waals surface area (Å²) in [5.74, 6) is 0. The monoisotopic (exact) mass is 209 g/mol. The molecule has 4 heteroatoms. The molecule has 0 radical (unpaired) electrons.